The monoisotopic (exact) mass is 678 g/mol. The maximum atomic E-state index is 2.44. The molecule has 0 N–H and O–H groups in total. The number of rotatable bonds is 6. The Hall–Kier alpha value is -6.64. The highest BCUT2D eigenvalue weighted by molar-refractivity contribution is 6.10. The first-order valence-electron chi connectivity index (χ1n) is 18.4. The summed E-state index contributed by atoms with van der Waals surface area (Å²) in [6, 6.07) is 70.8. The predicted molar refractivity (Wildman–Crippen MR) is 224 cm³/mol. The second kappa shape index (κ2) is 12.3. The van der Waals surface area contributed by atoms with Crippen LogP contribution >= 0.6 is 0 Å². The van der Waals surface area contributed by atoms with Gasteiger partial charge in [-0.1, -0.05) is 147 Å². The molecule has 1 aliphatic rings. The van der Waals surface area contributed by atoms with Gasteiger partial charge >= 0.3 is 0 Å². The molecule has 2 nitrogen and oxygen atoms in total. The summed E-state index contributed by atoms with van der Waals surface area (Å²) >= 11 is 0. The summed E-state index contributed by atoms with van der Waals surface area (Å²) < 4.78 is 2.37. The Bertz CT molecular complexity index is 2770. The number of para-hydroxylation sites is 2. The average molecular weight is 679 g/mol. The van der Waals surface area contributed by atoms with Gasteiger partial charge < -0.3 is 9.47 Å². The first-order chi connectivity index (χ1) is 26.1. The summed E-state index contributed by atoms with van der Waals surface area (Å²) in [5.74, 6) is 0. The fraction of sp³-hybridized carbons (Fsp3) is 0.0588. The predicted octanol–water partition coefficient (Wildman–Crippen LogP) is 13.9. The van der Waals surface area contributed by atoms with Crippen LogP contribution in [-0.2, 0) is 5.41 Å². The first-order valence-corrected chi connectivity index (χ1v) is 18.4. The number of hydrogen-bond donors (Lipinski definition) is 0. The van der Waals surface area contributed by atoms with Crippen molar-refractivity contribution in [3.8, 4) is 39.1 Å². The van der Waals surface area contributed by atoms with E-state index in [9.17, 15) is 0 Å². The first kappa shape index (κ1) is 31.1. The molecule has 53 heavy (non-hydrogen) atoms. The minimum absolute atomic E-state index is 0.0864. The van der Waals surface area contributed by atoms with E-state index in [4.69, 9.17) is 0 Å². The third-order valence-electron chi connectivity index (χ3n) is 11.2. The van der Waals surface area contributed by atoms with Gasteiger partial charge in [-0.2, -0.15) is 0 Å². The lowest BCUT2D eigenvalue weighted by Crippen LogP contribution is -2.16. The summed E-state index contributed by atoms with van der Waals surface area (Å²) in [4.78, 5) is 2.44. The lowest BCUT2D eigenvalue weighted by Gasteiger charge is -2.29. The fourth-order valence-corrected chi connectivity index (χ4v) is 8.59. The summed E-state index contributed by atoms with van der Waals surface area (Å²) in [6.45, 7) is 4.70. The molecule has 8 aromatic carbocycles. The Morgan fingerprint density at radius 3 is 1.70 bits per heavy atom. The molecule has 0 bridgehead atoms. The summed E-state index contributed by atoms with van der Waals surface area (Å²) in [5, 5.41) is 2.52. The number of nitrogens with zero attached hydrogens (tertiary/aromatic N) is 2. The molecule has 0 saturated heterocycles. The molecule has 0 radical (unpaired) electrons. The molecule has 0 amide bonds. The van der Waals surface area contributed by atoms with Crippen molar-refractivity contribution in [1.82, 2.24) is 4.57 Å². The maximum Gasteiger partial charge on any atom is 0.0543 e. The second-order valence-electron chi connectivity index (χ2n) is 14.6. The van der Waals surface area contributed by atoms with Crippen LogP contribution in [0.3, 0.4) is 0 Å². The van der Waals surface area contributed by atoms with Gasteiger partial charge in [0.2, 0.25) is 0 Å². The van der Waals surface area contributed by atoms with Crippen LogP contribution in [0.4, 0.5) is 17.1 Å². The van der Waals surface area contributed by atoms with Crippen molar-refractivity contribution in [2.45, 2.75) is 19.3 Å². The summed E-state index contributed by atoms with van der Waals surface area (Å²) in [6.07, 6.45) is 0. The van der Waals surface area contributed by atoms with Crippen LogP contribution in [0.1, 0.15) is 25.0 Å². The number of aromatic nitrogens is 1. The molecule has 0 saturated carbocycles. The molecule has 0 atom stereocenters. The molecule has 252 valence electrons. The minimum atomic E-state index is -0.0864. The van der Waals surface area contributed by atoms with Crippen molar-refractivity contribution < 1.29 is 0 Å². The number of fused-ring (bicyclic) bond motifs is 6. The molecule has 0 unspecified atom stereocenters. The highest BCUT2D eigenvalue weighted by Crippen LogP contribution is 2.54. The van der Waals surface area contributed by atoms with E-state index >= 15 is 0 Å². The van der Waals surface area contributed by atoms with Crippen molar-refractivity contribution in [3.05, 3.63) is 205 Å². The van der Waals surface area contributed by atoms with Gasteiger partial charge in [0.1, 0.15) is 0 Å². The number of hydrogen-bond acceptors (Lipinski definition) is 1. The van der Waals surface area contributed by atoms with Crippen LogP contribution in [0.15, 0.2) is 194 Å². The lowest BCUT2D eigenvalue weighted by molar-refractivity contribution is 0.660. The minimum Gasteiger partial charge on any atom is -0.310 e. The van der Waals surface area contributed by atoms with E-state index in [0.717, 1.165) is 11.4 Å². The summed E-state index contributed by atoms with van der Waals surface area (Å²) in [7, 11) is 0. The molecule has 0 fully saturated rings. The molecule has 0 spiro atoms. The Labute approximate surface area is 310 Å². The van der Waals surface area contributed by atoms with Crippen LogP contribution < -0.4 is 4.90 Å². The zero-order valence-corrected chi connectivity index (χ0v) is 29.9. The van der Waals surface area contributed by atoms with Crippen LogP contribution in [0.25, 0.3) is 60.9 Å². The molecule has 1 heterocycles. The second-order valence-corrected chi connectivity index (χ2v) is 14.6. The normalized spacial score (nSPS) is 12.9. The van der Waals surface area contributed by atoms with Crippen LogP contribution in [-0.4, -0.2) is 4.57 Å². The topological polar surface area (TPSA) is 8.17 Å². The van der Waals surface area contributed by atoms with Gasteiger partial charge in [0.25, 0.3) is 0 Å². The van der Waals surface area contributed by atoms with Gasteiger partial charge in [-0.05, 0) is 99.6 Å². The smallest absolute Gasteiger partial charge is 0.0543 e. The largest absolute Gasteiger partial charge is 0.310 e. The zero-order chi connectivity index (χ0) is 35.5. The van der Waals surface area contributed by atoms with E-state index in [-0.39, 0.29) is 5.41 Å². The van der Waals surface area contributed by atoms with Gasteiger partial charge in [-0.25, -0.2) is 0 Å². The van der Waals surface area contributed by atoms with Crippen LogP contribution in [0.5, 0.6) is 0 Å². The number of anilines is 3. The Kier molecular flexibility index (Phi) is 7.19. The molecule has 2 heteroatoms. The zero-order valence-electron chi connectivity index (χ0n) is 29.9. The van der Waals surface area contributed by atoms with E-state index in [1.54, 1.807) is 0 Å². The Balaban J connectivity index is 1.10. The third-order valence-corrected chi connectivity index (χ3v) is 11.2. The van der Waals surface area contributed by atoms with Crippen molar-refractivity contribution >= 4 is 38.9 Å². The molecule has 1 aromatic heterocycles. The van der Waals surface area contributed by atoms with Gasteiger partial charge in [0, 0.05) is 38.8 Å². The Morgan fingerprint density at radius 2 is 0.962 bits per heavy atom. The van der Waals surface area contributed by atoms with E-state index < -0.39 is 0 Å². The van der Waals surface area contributed by atoms with Crippen LogP contribution in [0.2, 0.25) is 0 Å². The van der Waals surface area contributed by atoms with Crippen molar-refractivity contribution in [2.24, 2.45) is 0 Å². The van der Waals surface area contributed by atoms with Crippen LogP contribution in [0, 0.1) is 0 Å². The van der Waals surface area contributed by atoms with Crippen molar-refractivity contribution in [3.63, 3.8) is 0 Å². The molecule has 9 aromatic rings. The average Bonchev–Trinajstić information content (AvgIpc) is 3.68. The highest BCUT2D eigenvalue weighted by atomic mass is 15.1. The molecular formula is C51H38N2. The van der Waals surface area contributed by atoms with E-state index in [1.807, 2.05) is 0 Å². The van der Waals surface area contributed by atoms with Gasteiger partial charge in [0.15, 0.2) is 0 Å². The van der Waals surface area contributed by atoms with E-state index in [0.29, 0.717) is 0 Å². The van der Waals surface area contributed by atoms with Crippen molar-refractivity contribution in [1.29, 1.82) is 0 Å². The molecule has 10 rings (SSSR count). The standard InChI is InChI=1S/C51H38N2/c1-51(2)45-20-11-9-19-43(45)50-46(51)21-13-23-49(50)52(40-29-24-36(25-30-40)35-14-5-3-6-15-35)41-31-26-37(27-32-41)38-28-33-48-44(34-38)42-18-10-12-22-47(42)53(48)39-16-7-4-8-17-39/h3-34H,1-2H3. The third kappa shape index (κ3) is 5.02. The lowest BCUT2D eigenvalue weighted by atomic mass is 9.82. The maximum absolute atomic E-state index is 2.44. The fourth-order valence-electron chi connectivity index (χ4n) is 8.59. The van der Waals surface area contributed by atoms with Gasteiger partial charge in [-0.15, -0.1) is 0 Å². The highest BCUT2D eigenvalue weighted by Gasteiger charge is 2.37. The molecular weight excluding hydrogens is 641 g/mol. The van der Waals surface area contributed by atoms with E-state index in [2.05, 4.69) is 217 Å². The number of benzene rings is 8. The van der Waals surface area contributed by atoms with Gasteiger partial charge in [0.05, 0.1) is 16.7 Å². The summed E-state index contributed by atoms with van der Waals surface area (Å²) in [5.41, 5.74) is 17.1. The van der Waals surface area contributed by atoms with E-state index in [1.165, 1.54) is 77.7 Å². The van der Waals surface area contributed by atoms with Gasteiger partial charge in [-0.3, -0.25) is 0 Å². The quantitative estimate of drug-likeness (QED) is 0.170. The SMILES string of the molecule is CC1(C)c2ccccc2-c2c(N(c3ccc(-c4ccccc4)cc3)c3ccc(-c4ccc5c(c4)c4ccccc4n5-c4ccccc4)cc3)cccc21. The Morgan fingerprint density at radius 1 is 0.415 bits per heavy atom. The molecule has 1 aliphatic carbocycles. The molecule has 0 aliphatic heterocycles. The van der Waals surface area contributed by atoms with Crippen molar-refractivity contribution in [2.75, 3.05) is 4.90 Å².